The minimum atomic E-state index is 0.499. The molecule has 1 aromatic heterocycles. The highest BCUT2D eigenvalue weighted by atomic mass is 35.5. The third kappa shape index (κ3) is 2.81. The van der Waals surface area contributed by atoms with Crippen LogP contribution in [0.25, 0.3) is 5.69 Å². The third-order valence-electron chi connectivity index (χ3n) is 3.80. The summed E-state index contributed by atoms with van der Waals surface area (Å²) in [6, 6.07) is 8.36. The number of halogens is 1. The van der Waals surface area contributed by atoms with Crippen molar-refractivity contribution in [1.29, 1.82) is 0 Å². The Morgan fingerprint density at radius 3 is 2.75 bits per heavy atom. The normalized spacial score (nSPS) is 17.3. The first-order valence-corrected chi connectivity index (χ1v) is 7.35. The Labute approximate surface area is 124 Å². The number of likely N-dealkylation sites (tertiary alicyclic amines) is 1. The Hall–Kier alpha value is -1.52. The molecule has 0 unspecified atom stereocenters. The molecule has 1 aliphatic heterocycles. The molecule has 4 nitrogen and oxygen atoms in total. The maximum atomic E-state index is 6.35. The van der Waals surface area contributed by atoms with E-state index in [1.54, 1.807) is 6.20 Å². The molecule has 0 aliphatic carbocycles. The van der Waals surface area contributed by atoms with Crippen molar-refractivity contribution < 1.29 is 0 Å². The van der Waals surface area contributed by atoms with Crippen LogP contribution in [0.3, 0.4) is 0 Å². The summed E-state index contributed by atoms with van der Waals surface area (Å²) in [6.45, 7) is 2.27. The Kier molecular flexibility index (Phi) is 3.94. The molecule has 0 amide bonds. The van der Waals surface area contributed by atoms with Gasteiger partial charge in [0.15, 0.2) is 0 Å². The monoisotopic (exact) mass is 290 g/mol. The molecule has 0 saturated carbocycles. The molecule has 1 N–H and O–H groups in total. The Bertz CT molecular complexity index is 559. The van der Waals surface area contributed by atoms with Gasteiger partial charge < -0.3 is 10.2 Å². The van der Waals surface area contributed by atoms with Gasteiger partial charge in [-0.05, 0) is 51.2 Å². The van der Waals surface area contributed by atoms with Crippen LogP contribution in [-0.4, -0.2) is 40.9 Å². The van der Waals surface area contributed by atoms with Crippen molar-refractivity contribution in [3.63, 3.8) is 0 Å². The summed E-state index contributed by atoms with van der Waals surface area (Å²) in [5.41, 5.74) is 1.98. The van der Waals surface area contributed by atoms with E-state index in [1.807, 2.05) is 29.1 Å². The van der Waals surface area contributed by atoms with E-state index in [0.717, 1.165) is 37.3 Å². The summed E-state index contributed by atoms with van der Waals surface area (Å²) >= 11 is 6.35. The number of piperidine rings is 1. The van der Waals surface area contributed by atoms with Crippen LogP contribution < -0.4 is 5.32 Å². The number of hydrogen-bond acceptors (Lipinski definition) is 3. The zero-order valence-electron chi connectivity index (χ0n) is 11.6. The van der Waals surface area contributed by atoms with Crippen LogP contribution in [0, 0.1) is 0 Å². The lowest BCUT2D eigenvalue weighted by Crippen LogP contribution is -2.36. The topological polar surface area (TPSA) is 33.1 Å². The largest absolute Gasteiger partial charge is 0.380 e. The highest BCUT2D eigenvalue weighted by Gasteiger charge is 2.18. The smallest absolute Gasteiger partial charge is 0.106 e. The molecule has 1 aromatic carbocycles. The number of nitrogens with one attached hydrogen (secondary N) is 1. The fraction of sp³-hybridized carbons (Fsp3) is 0.400. The zero-order valence-corrected chi connectivity index (χ0v) is 12.3. The Balaban J connectivity index is 1.85. The van der Waals surface area contributed by atoms with Crippen LogP contribution in [0.2, 0.25) is 5.02 Å². The van der Waals surface area contributed by atoms with Gasteiger partial charge in [-0.1, -0.05) is 17.7 Å². The molecule has 2 heterocycles. The zero-order chi connectivity index (χ0) is 13.9. The number of hydrogen-bond donors (Lipinski definition) is 1. The van der Waals surface area contributed by atoms with Gasteiger partial charge in [0.1, 0.15) is 5.69 Å². The molecule has 0 atom stereocenters. The summed E-state index contributed by atoms with van der Waals surface area (Å²) in [6.07, 6.45) is 5.99. The van der Waals surface area contributed by atoms with Gasteiger partial charge in [0, 0.05) is 18.4 Å². The van der Waals surface area contributed by atoms with Gasteiger partial charge in [-0.15, -0.1) is 0 Å². The summed E-state index contributed by atoms with van der Waals surface area (Å²) in [7, 11) is 2.17. The number of para-hydroxylation sites is 1. The molecule has 20 heavy (non-hydrogen) atoms. The second-order valence-corrected chi connectivity index (χ2v) is 5.72. The van der Waals surface area contributed by atoms with E-state index >= 15 is 0 Å². The van der Waals surface area contributed by atoms with Crippen LogP contribution in [0.4, 0.5) is 5.69 Å². The van der Waals surface area contributed by atoms with Gasteiger partial charge in [0.05, 0.1) is 10.7 Å². The molecule has 1 saturated heterocycles. The van der Waals surface area contributed by atoms with E-state index < -0.39 is 0 Å². The fourth-order valence-electron chi connectivity index (χ4n) is 2.64. The van der Waals surface area contributed by atoms with Crippen molar-refractivity contribution in [2.24, 2.45) is 0 Å². The lowest BCUT2D eigenvalue weighted by atomic mass is 10.0. The highest BCUT2D eigenvalue weighted by Crippen LogP contribution is 2.29. The van der Waals surface area contributed by atoms with Gasteiger partial charge in [-0.25, -0.2) is 4.68 Å². The predicted molar refractivity (Wildman–Crippen MR) is 82.7 cm³/mol. The molecule has 0 spiro atoms. The Morgan fingerprint density at radius 2 is 2.05 bits per heavy atom. The lowest BCUT2D eigenvalue weighted by molar-refractivity contribution is 0.264. The third-order valence-corrected chi connectivity index (χ3v) is 4.10. The van der Waals surface area contributed by atoms with E-state index in [-0.39, 0.29) is 0 Å². The highest BCUT2D eigenvalue weighted by molar-refractivity contribution is 6.33. The number of benzene rings is 1. The van der Waals surface area contributed by atoms with E-state index in [1.165, 1.54) is 0 Å². The second kappa shape index (κ2) is 5.85. The maximum absolute atomic E-state index is 6.35. The molecule has 106 valence electrons. The standard InChI is InChI=1S/C15H19ClN4/c1-19-10-6-12(7-11-19)18-14-5-2-4-13(16)15(14)20-9-3-8-17-20/h2-5,8-9,12,18H,6-7,10-11H2,1H3. The van der Waals surface area contributed by atoms with Crippen LogP contribution in [0.1, 0.15) is 12.8 Å². The average Bonchev–Trinajstić information content (AvgIpc) is 2.95. The molecule has 2 aromatic rings. The van der Waals surface area contributed by atoms with Gasteiger partial charge in [-0.2, -0.15) is 5.10 Å². The SMILES string of the molecule is CN1CCC(Nc2cccc(Cl)c2-n2cccn2)CC1. The number of nitrogens with zero attached hydrogens (tertiary/aromatic N) is 3. The van der Waals surface area contributed by atoms with Gasteiger partial charge in [0.2, 0.25) is 0 Å². The number of rotatable bonds is 3. The van der Waals surface area contributed by atoms with E-state index in [9.17, 15) is 0 Å². The Morgan fingerprint density at radius 1 is 1.25 bits per heavy atom. The molecule has 0 radical (unpaired) electrons. The molecule has 3 rings (SSSR count). The molecule has 5 heteroatoms. The van der Waals surface area contributed by atoms with Crippen LogP contribution >= 0.6 is 11.6 Å². The van der Waals surface area contributed by atoms with Crippen LogP contribution in [0.15, 0.2) is 36.7 Å². The minimum absolute atomic E-state index is 0.499. The van der Waals surface area contributed by atoms with E-state index in [4.69, 9.17) is 11.6 Å². The fourth-order valence-corrected chi connectivity index (χ4v) is 2.90. The summed E-state index contributed by atoms with van der Waals surface area (Å²) in [4.78, 5) is 2.37. The van der Waals surface area contributed by atoms with Crippen molar-refractivity contribution in [1.82, 2.24) is 14.7 Å². The summed E-state index contributed by atoms with van der Waals surface area (Å²) in [5, 5.41) is 8.64. The summed E-state index contributed by atoms with van der Waals surface area (Å²) < 4.78 is 1.82. The van der Waals surface area contributed by atoms with Gasteiger partial charge in [-0.3, -0.25) is 0 Å². The quantitative estimate of drug-likeness (QED) is 0.943. The average molecular weight is 291 g/mol. The summed E-state index contributed by atoms with van der Waals surface area (Å²) in [5.74, 6) is 0. The van der Waals surface area contributed by atoms with Gasteiger partial charge in [0.25, 0.3) is 0 Å². The molecular formula is C15H19ClN4. The molecule has 1 aliphatic rings. The van der Waals surface area contributed by atoms with Crippen LogP contribution in [-0.2, 0) is 0 Å². The molecule has 0 bridgehead atoms. The first-order chi connectivity index (χ1) is 9.74. The second-order valence-electron chi connectivity index (χ2n) is 5.31. The number of anilines is 1. The minimum Gasteiger partial charge on any atom is -0.380 e. The van der Waals surface area contributed by atoms with Crippen molar-refractivity contribution in [3.05, 3.63) is 41.7 Å². The maximum Gasteiger partial charge on any atom is 0.106 e. The molecule has 1 fully saturated rings. The molecular weight excluding hydrogens is 272 g/mol. The first kappa shape index (κ1) is 13.5. The van der Waals surface area contributed by atoms with Crippen LogP contribution in [0.5, 0.6) is 0 Å². The van der Waals surface area contributed by atoms with Crippen molar-refractivity contribution in [3.8, 4) is 5.69 Å². The van der Waals surface area contributed by atoms with Gasteiger partial charge >= 0.3 is 0 Å². The van der Waals surface area contributed by atoms with Crippen molar-refractivity contribution >= 4 is 17.3 Å². The lowest BCUT2D eigenvalue weighted by Gasteiger charge is -2.30. The predicted octanol–water partition coefficient (Wildman–Crippen LogP) is 3.03. The van der Waals surface area contributed by atoms with Crippen molar-refractivity contribution in [2.75, 3.05) is 25.5 Å². The first-order valence-electron chi connectivity index (χ1n) is 6.97. The van der Waals surface area contributed by atoms with E-state index in [2.05, 4.69) is 28.4 Å². The van der Waals surface area contributed by atoms with E-state index in [0.29, 0.717) is 11.1 Å². The number of aromatic nitrogens is 2. The van der Waals surface area contributed by atoms with Crippen molar-refractivity contribution in [2.45, 2.75) is 18.9 Å².